The summed E-state index contributed by atoms with van der Waals surface area (Å²) in [5, 5.41) is 1.02. The van der Waals surface area contributed by atoms with Gasteiger partial charge in [-0.3, -0.25) is 4.79 Å². The van der Waals surface area contributed by atoms with E-state index in [0.29, 0.717) is 5.57 Å². The predicted molar refractivity (Wildman–Crippen MR) is 95.1 cm³/mol. The van der Waals surface area contributed by atoms with Gasteiger partial charge in [0.1, 0.15) is 5.82 Å². The van der Waals surface area contributed by atoms with Gasteiger partial charge in [0.15, 0.2) is 0 Å². The first-order chi connectivity index (χ1) is 11.7. The van der Waals surface area contributed by atoms with Crippen LogP contribution in [0.5, 0.6) is 0 Å². The molecular weight excluding hydrogens is 298 g/mol. The second-order valence-corrected chi connectivity index (χ2v) is 6.09. The Balaban J connectivity index is 1.83. The average molecular weight is 315 g/mol. The van der Waals surface area contributed by atoms with Crippen molar-refractivity contribution in [3.05, 3.63) is 70.7 Å². The maximum atomic E-state index is 12.0. The van der Waals surface area contributed by atoms with Crippen molar-refractivity contribution in [3.63, 3.8) is 0 Å². The molecule has 2 aliphatic rings. The van der Waals surface area contributed by atoms with Crippen LogP contribution in [0.25, 0.3) is 10.9 Å². The zero-order chi connectivity index (χ0) is 16.7. The first kappa shape index (κ1) is 14.7. The van der Waals surface area contributed by atoms with Gasteiger partial charge in [-0.05, 0) is 42.3 Å². The van der Waals surface area contributed by atoms with Gasteiger partial charge < -0.3 is 0 Å². The summed E-state index contributed by atoms with van der Waals surface area (Å²) < 4.78 is 0. The number of aryl methyl sites for hydroxylation is 1. The highest BCUT2D eigenvalue weighted by Gasteiger charge is 2.28. The third-order valence-corrected chi connectivity index (χ3v) is 4.57. The number of amides is 1. The zero-order valence-corrected chi connectivity index (χ0v) is 13.7. The molecule has 0 spiro atoms. The molecule has 0 bridgehead atoms. The van der Waals surface area contributed by atoms with Gasteiger partial charge in [0.2, 0.25) is 0 Å². The van der Waals surface area contributed by atoms with E-state index >= 15 is 0 Å². The molecule has 24 heavy (non-hydrogen) atoms. The van der Waals surface area contributed by atoms with E-state index in [4.69, 9.17) is 0 Å². The fraction of sp³-hybridized carbons (Fsp3) is 0.200. The van der Waals surface area contributed by atoms with Gasteiger partial charge in [-0.25, -0.2) is 15.0 Å². The van der Waals surface area contributed by atoms with Crippen molar-refractivity contribution in [2.45, 2.75) is 26.2 Å². The number of aromatic nitrogens is 2. The van der Waals surface area contributed by atoms with E-state index in [1.54, 1.807) is 6.21 Å². The summed E-state index contributed by atoms with van der Waals surface area (Å²) in [5.74, 6) is 0.750. The van der Waals surface area contributed by atoms with Crippen LogP contribution in [0.2, 0.25) is 0 Å². The summed E-state index contributed by atoms with van der Waals surface area (Å²) in [4.78, 5) is 24.9. The molecule has 1 aliphatic heterocycles. The van der Waals surface area contributed by atoms with Crippen LogP contribution >= 0.6 is 0 Å². The van der Waals surface area contributed by atoms with Crippen LogP contribution in [0.3, 0.4) is 0 Å². The quantitative estimate of drug-likeness (QED) is 0.849. The van der Waals surface area contributed by atoms with E-state index in [1.807, 2.05) is 37.4 Å². The number of dihydropyridines is 1. The van der Waals surface area contributed by atoms with Crippen LogP contribution in [0.4, 0.5) is 0 Å². The summed E-state index contributed by atoms with van der Waals surface area (Å²) in [7, 11) is 0. The zero-order valence-electron chi connectivity index (χ0n) is 13.7. The van der Waals surface area contributed by atoms with E-state index in [1.165, 1.54) is 5.57 Å². The van der Waals surface area contributed by atoms with E-state index in [9.17, 15) is 4.79 Å². The van der Waals surface area contributed by atoms with Crippen molar-refractivity contribution in [2.75, 3.05) is 0 Å². The molecule has 4 rings (SSSR count). The van der Waals surface area contributed by atoms with Crippen molar-refractivity contribution in [1.82, 2.24) is 9.97 Å². The number of rotatable bonds is 2. The number of nitrogens with zero attached hydrogens (tertiary/aromatic N) is 3. The first-order valence-electron chi connectivity index (χ1n) is 8.10. The average Bonchev–Trinajstić information content (AvgIpc) is 2.61. The Kier molecular flexibility index (Phi) is 3.45. The van der Waals surface area contributed by atoms with Crippen molar-refractivity contribution in [3.8, 4) is 0 Å². The number of allylic oxidation sites excluding steroid dienone is 4. The largest absolute Gasteiger partial charge is 0.277 e. The monoisotopic (exact) mass is 315 g/mol. The summed E-state index contributed by atoms with van der Waals surface area (Å²) >= 11 is 0. The second-order valence-electron chi connectivity index (χ2n) is 6.09. The van der Waals surface area contributed by atoms with Gasteiger partial charge in [-0.2, -0.15) is 0 Å². The molecule has 0 saturated heterocycles. The Morgan fingerprint density at radius 1 is 1.17 bits per heavy atom. The minimum atomic E-state index is -0.169. The molecule has 1 aromatic heterocycles. The SMILES string of the molecule is CCc1ncc2cc(C3C(C)=CC=C4C(=O)N=CC=C43)ccc2n1. The fourth-order valence-electron chi connectivity index (χ4n) is 3.33. The van der Waals surface area contributed by atoms with Crippen LogP contribution < -0.4 is 0 Å². The van der Waals surface area contributed by atoms with Gasteiger partial charge in [0, 0.05) is 35.7 Å². The van der Waals surface area contributed by atoms with E-state index in [-0.39, 0.29) is 11.8 Å². The van der Waals surface area contributed by atoms with Crippen molar-refractivity contribution in [1.29, 1.82) is 0 Å². The fourth-order valence-corrected chi connectivity index (χ4v) is 3.33. The summed E-state index contributed by atoms with van der Waals surface area (Å²) in [6.45, 7) is 4.14. The lowest BCUT2D eigenvalue weighted by Gasteiger charge is -2.27. The molecule has 1 amide bonds. The Morgan fingerprint density at radius 3 is 2.88 bits per heavy atom. The standard InChI is InChI=1S/C20H17N3O/c1-3-18-22-11-14-10-13(5-7-17(14)23-18)19-12(2)4-6-16-15(19)8-9-21-20(16)24/h4-11,19H,3H2,1-2H3. The lowest BCUT2D eigenvalue weighted by atomic mass is 9.77. The molecular formula is C20H17N3O. The van der Waals surface area contributed by atoms with E-state index < -0.39 is 0 Å². The van der Waals surface area contributed by atoms with Gasteiger partial charge in [-0.15, -0.1) is 0 Å². The van der Waals surface area contributed by atoms with E-state index in [0.717, 1.165) is 34.3 Å². The highest BCUT2D eigenvalue weighted by Crippen LogP contribution is 2.40. The number of hydrogen-bond donors (Lipinski definition) is 0. The van der Waals surface area contributed by atoms with Gasteiger partial charge in [-0.1, -0.05) is 24.6 Å². The van der Waals surface area contributed by atoms with Crippen LogP contribution in [0.1, 0.15) is 31.2 Å². The topological polar surface area (TPSA) is 55.2 Å². The molecule has 4 nitrogen and oxygen atoms in total. The van der Waals surface area contributed by atoms with Gasteiger partial charge in [0.05, 0.1) is 5.52 Å². The highest BCUT2D eigenvalue weighted by molar-refractivity contribution is 6.08. The normalized spacial score (nSPS) is 19.7. The lowest BCUT2D eigenvalue weighted by Crippen LogP contribution is -2.17. The van der Waals surface area contributed by atoms with Crippen LogP contribution in [-0.4, -0.2) is 22.1 Å². The maximum absolute atomic E-state index is 12.0. The summed E-state index contributed by atoms with van der Waals surface area (Å²) in [6, 6.07) is 6.25. The number of benzene rings is 1. The summed E-state index contributed by atoms with van der Waals surface area (Å²) in [6.07, 6.45) is 10.1. The van der Waals surface area contributed by atoms with E-state index in [2.05, 4.69) is 34.0 Å². The predicted octanol–water partition coefficient (Wildman–Crippen LogP) is 3.70. The number of aliphatic imine (C=N–C) groups is 1. The molecule has 1 atom stereocenters. The van der Waals surface area contributed by atoms with Crippen molar-refractivity contribution < 1.29 is 4.79 Å². The molecule has 0 N–H and O–H groups in total. The molecule has 2 aromatic rings. The third kappa shape index (κ3) is 2.31. The minimum Gasteiger partial charge on any atom is -0.267 e. The molecule has 4 heteroatoms. The Morgan fingerprint density at radius 2 is 2.04 bits per heavy atom. The smallest absolute Gasteiger partial charge is 0.267 e. The Bertz CT molecular complexity index is 980. The lowest BCUT2D eigenvalue weighted by molar-refractivity contribution is -0.114. The molecule has 0 saturated carbocycles. The molecule has 1 aliphatic carbocycles. The van der Waals surface area contributed by atoms with Gasteiger partial charge in [0.25, 0.3) is 5.91 Å². The summed E-state index contributed by atoms with van der Waals surface area (Å²) in [5.41, 5.74) is 5.00. The molecule has 0 fully saturated rings. The second kappa shape index (κ2) is 5.64. The molecule has 2 heterocycles. The van der Waals surface area contributed by atoms with Gasteiger partial charge >= 0.3 is 0 Å². The molecule has 0 radical (unpaired) electrons. The number of fused-ring (bicyclic) bond motifs is 2. The Hall–Kier alpha value is -2.88. The number of hydrogen-bond acceptors (Lipinski definition) is 3. The molecule has 118 valence electrons. The van der Waals surface area contributed by atoms with Crippen molar-refractivity contribution >= 4 is 23.0 Å². The highest BCUT2D eigenvalue weighted by atomic mass is 16.1. The minimum absolute atomic E-state index is 0.0657. The van der Waals surface area contributed by atoms with Crippen LogP contribution in [-0.2, 0) is 11.2 Å². The Labute approximate surface area is 140 Å². The van der Waals surface area contributed by atoms with Crippen LogP contribution in [0, 0.1) is 0 Å². The molecule has 1 aromatic carbocycles. The third-order valence-electron chi connectivity index (χ3n) is 4.57. The first-order valence-corrected chi connectivity index (χ1v) is 8.10. The van der Waals surface area contributed by atoms with Crippen LogP contribution in [0.15, 0.2) is 64.3 Å². The van der Waals surface area contributed by atoms with Crippen molar-refractivity contribution in [2.24, 2.45) is 4.99 Å². The number of carbonyl (C=O) groups excluding carboxylic acids is 1. The molecule has 1 unspecified atom stereocenters. The maximum Gasteiger partial charge on any atom is 0.277 e. The number of carbonyl (C=O) groups is 1.